The van der Waals surface area contributed by atoms with Crippen LogP contribution < -0.4 is 5.32 Å². The molecule has 0 spiro atoms. The highest BCUT2D eigenvalue weighted by atomic mass is 127. The molecule has 94 valence electrons. The molecule has 2 atom stereocenters. The van der Waals surface area contributed by atoms with Gasteiger partial charge in [-0.15, -0.1) is 0 Å². The smallest absolute Gasteiger partial charge is 0.0772 e. The van der Waals surface area contributed by atoms with E-state index in [0.29, 0.717) is 12.1 Å². The van der Waals surface area contributed by atoms with Gasteiger partial charge in [-0.2, -0.15) is 0 Å². The highest BCUT2D eigenvalue weighted by Crippen LogP contribution is 2.27. The highest BCUT2D eigenvalue weighted by Gasteiger charge is 2.25. The monoisotopic (exact) mass is 345 g/mol. The summed E-state index contributed by atoms with van der Waals surface area (Å²) in [6.07, 6.45) is 5.35. The van der Waals surface area contributed by atoms with Crippen molar-refractivity contribution in [1.29, 1.82) is 0 Å². The molecule has 0 saturated heterocycles. The minimum absolute atomic E-state index is 0.362. The van der Waals surface area contributed by atoms with E-state index in [4.69, 9.17) is 4.74 Å². The Labute approximate surface area is 117 Å². The lowest BCUT2D eigenvalue weighted by Gasteiger charge is -2.32. The Bertz CT molecular complexity index is 380. The van der Waals surface area contributed by atoms with Crippen LogP contribution in [0.4, 0.5) is 5.69 Å². The molecule has 1 saturated carbocycles. The third-order valence-corrected chi connectivity index (χ3v) is 4.78. The molecule has 0 amide bonds. The molecule has 1 aliphatic carbocycles. The second-order valence-corrected chi connectivity index (χ2v) is 5.88. The predicted octanol–water partition coefficient (Wildman–Crippen LogP) is 3.97. The van der Waals surface area contributed by atoms with Gasteiger partial charge in [0.15, 0.2) is 0 Å². The summed E-state index contributed by atoms with van der Waals surface area (Å²) in [6, 6.07) is 6.89. The molecular weight excluding hydrogens is 325 g/mol. The summed E-state index contributed by atoms with van der Waals surface area (Å²) in [5, 5.41) is 3.66. The average molecular weight is 345 g/mol. The van der Waals surface area contributed by atoms with Gasteiger partial charge in [0, 0.05) is 16.4 Å². The van der Waals surface area contributed by atoms with Crippen LogP contribution in [-0.4, -0.2) is 19.3 Å². The fourth-order valence-corrected chi connectivity index (χ4v) is 3.01. The zero-order valence-corrected chi connectivity index (χ0v) is 12.7. The molecule has 0 heterocycles. The highest BCUT2D eigenvalue weighted by molar-refractivity contribution is 14.1. The Morgan fingerprint density at radius 2 is 2.06 bits per heavy atom. The fourth-order valence-electron chi connectivity index (χ4n) is 2.51. The van der Waals surface area contributed by atoms with Crippen molar-refractivity contribution in [1.82, 2.24) is 0 Å². The molecule has 1 aromatic carbocycles. The number of ether oxygens (including phenoxy) is 1. The zero-order chi connectivity index (χ0) is 12.3. The lowest BCUT2D eigenvalue weighted by molar-refractivity contribution is 0.0606. The number of benzene rings is 1. The van der Waals surface area contributed by atoms with Crippen molar-refractivity contribution in [3.63, 3.8) is 0 Å². The van der Waals surface area contributed by atoms with Crippen molar-refractivity contribution in [3.8, 4) is 0 Å². The largest absolute Gasteiger partial charge is 0.379 e. The first-order valence-corrected chi connectivity index (χ1v) is 7.34. The molecule has 0 aromatic heterocycles. The molecule has 0 radical (unpaired) electrons. The number of hydrogen-bond donors (Lipinski definition) is 1. The Morgan fingerprint density at radius 3 is 2.82 bits per heavy atom. The summed E-state index contributed by atoms with van der Waals surface area (Å²) in [5.41, 5.74) is 2.60. The van der Waals surface area contributed by atoms with Crippen molar-refractivity contribution in [2.75, 3.05) is 12.4 Å². The van der Waals surface area contributed by atoms with Gasteiger partial charge in [0.05, 0.1) is 12.1 Å². The van der Waals surface area contributed by atoms with Crippen LogP contribution in [0.3, 0.4) is 0 Å². The minimum atomic E-state index is 0.362. The van der Waals surface area contributed by atoms with E-state index < -0.39 is 0 Å². The van der Waals surface area contributed by atoms with Gasteiger partial charge in [-0.1, -0.05) is 18.9 Å². The number of halogens is 1. The third-order valence-electron chi connectivity index (χ3n) is 3.61. The van der Waals surface area contributed by atoms with Gasteiger partial charge in [0.2, 0.25) is 0 Å². The summed E-state index contributed by atoms with van der Waals surface area (Å²) < 4.78 is 6.90. The van der Waals surface area contributed by atoms with E-state index in [0.717, 1.165) is 0 Å². The van der Waals surface area contributed by atoms with Crippen molar-refractivity contribution in [3.05, 3.63) is 27.3 Å². The van der Waals surface area contributed by atoms with Crippen molar-refractivity contribution < 1.29 is 4.74 Å². The fraction of sp³-hybridized carbons (Fsp3) is 0.571. The molecule has 3 heteroatoms. The van der Waals surface area contributed by atoms with E-state index in [-0.39, 0.29) is 0 Å². The van der Waals surface area contributed by atoms with Gasteiger partial charge < -0.3 is 10.1 Å². The summed E-state index contributed by atoms with van der Waals surface area (Å²) in [4.78, 5) is 0. The predicted molar refractivity (Wildman–Crippen MR) is 80.6 cm³/mol. The summed E-state index contributed by atoms with van der Waals surface area (Å²) in [5.74, 6) is 0. The van der Waals surface area contributed by atoms with E-state index in [1.165, 1.54) is 40.5 Å². The first-order chi connectivity index (χ1) is 8.22. The molecular formula is C14H20INO. The molecule has 1 N–H and O–H groups in total. The van der Waals surface area contributed by atoms with Crippen molar-refractivity contribution in [2.24, 2.45) is 0 Å². The Kier molecular flexibility index (Phi) is 4.68. The summed E-state index contributed by atoms with van der Waals surface area (Å²) >= 11 is 2.39. The van der Waals surface area contributed by atoms with Gasteiger partial charge in [-0.3, -0.25) is 0 Å². The standard InChI is InChI=1S/C14H20INO/c1-10-11(15)6-5-8-12(10)16-13-7-3-4-9-14(13)17-2/h5-6,8,13-14,16H,3-4,7,9H2,1-2H3. The van der Waals surface area contributed by atoms with Crippen LogP contribution in [-0.2, 0) is 4.74 Å². The quantitative estimate of drug-likeness (QED) is 0.837. The number of anilines is 1. The summed E-state index contributed by atoms with van der Waals surface area (Å²) in [7, 11) is 1.83. The van der Waals surface area contributed by atoms with E-state index in [9.17, 15) is 0 Å². The van der Waals surface area contributed by atoms with Gasteiger partial charge in [0.1, 0.15) is 0 Å². The van der Waals surface area contributed by atoms with Crippen LogP contribution in [0.1, 0.15) is 31.2 Å². The zero-order valence-electron chi connectivity index (χ0n) is 10.5. The van der Waals surface area contributed by atoms with Crippen LogP contribution in [0, 0.1) is 10.5 Å². The van der Waals surface area contributed by atoms with E-state index in [2.05, 4.69) is 53.0 Å². The van der Waals surface area contributed by atoms with Crippen LogP contribution >= 0.6 is 22.6 Å². The lowest BCUT2D eigenvalue weighted by atomic mass is 9.92. The Hall–Kier alpha value is -0.290. The molecule has 2 unspecified atom stereocenters. The summed E-state index contributed by atoms with van der Waals surface area (Å²) in [6.45, 7) is 2.18. The number of methoxy groups -OCH3 is 1. The van der Waals surface area contributed by atoms with Crippen LogP contribution in [0.5, 0.6) is 0 Å². The van der Waals surface area contributed by atoms with Crippen molar-refractivity contribution >= 4 is 28.3 Å². The molecule has 17 heavy (non-hydrogen) atoms. The molecule has 0 aliphatic heterocycles. The van der Waals surface area contributed by atoms with Crippen molar-refractivity contribution in [2.45, 2.75) is 44.8 Å². The molecule has 1 aliphatic rings. The van der Waals surface area contributed by atoms with Gasteiger partial charge in [0.25, 0.3) is 0 Å². The van der Waals surface area contributed by atoms with Crippen LogP contribution in [0.2, 0.25) is 0 Å². The normalized spacial score (nSPS) is 24.6. The molecule has 0 bridgehead atoms. The average Bonchev–Trinajstić information content (AvgIpc) is 2.35. The maximum atomic E-state index is 5.58. The second kappa shape index (κ2) is 6.05. The van der Waals surface area contributed by atoms with E-state index in [1.807, 2.05) is 7.11 Å². The Balaban J connectivity index is 2.11. The van der Waals surface area contributed by atoms with Crippen LogP contribution in [0.15, 0.2) is 18.2 Å². The lowest BCUT2D eigenvalue weighted by Crippen LogP contribution is -2.37. The van der Waals surface area contributed by atoms with Gasteiger partial charge in [-0.05, 0) is 60.1 Å². The molecule has 2 nitrogen and oxygen atoms in total. The van der Waals surface area contributed by atoms with Crippen LogP contribution in [0.25, 0.3) is 0 Å². The van der Waals surface area contributed by atoms with Gasteiger partial charge >= 0.3 is 0 Å². The molecule has 1 aromatic rings. The van der Waals surface area contributed by atoms with Gasteiger partial charge in [-0.25, -0.2) is 0 Å². The minimum Gasteiger partial charge on any atom is -0.379 e. The molecule has 2 rings (SSSR count). The number of nitrogens with one attached hydrogen (secondary N) is 1. The maximum absolute atomic E-state index is 5.58. The van der Waals surface area contributed by atoms with E-state index >= 15 is 0 Å². The first kappa shape index (κ1) is 13.1. The maximum Gasteiger partial charge on any atom is 0.0772 e. The SMILES string of the molecule is COC1CCCCC1Nc1cccc(I)c1C. The molecule has 1 fully saturated rings. The number of hydrogen-bond acceptors (Lipinski definition) is 2. The third kappa shape index (κ3) is 3.13. The Morgan fingerprint density at radius 1 is 1.29 bits per heavy atom. The topological polar surface area (TPSA) is 21.3 Å². The first-order valence-electron chi connectivity index (χ1n) is 6.27. The number of rotatable bonds is 3. The second-order valence-electron chi connectivity index (χ2n) is 4.72. The van der Waals surface area contributed by atoms with E-state index in [1.54, 1.807) is 0 Å².